The number of nitrogens with zero attached hydrogens (tertiary/aromatic N) is 1. The molecule has 2 rings (SSSR count). The Morgan fingerprint density at radius 3 is 2.32 bits per heavy atom. The van der Waals surface area contributed by atoms with Gasteiger partial charge in [0.1, 0.15) is 11.6 Å². The molecule has 1 saturated heterocycles. The maximum Gasteiger partial charge on any atom is 0.248 e. The summed E-state index contributed by atoms with van der Waals surface area (Å²) in [6.45, 7) is 10.3. The van der Waals surface area contributed by atoms with Crippen molar-refractivity contribution in [1.82, 2.24) is 10.2 Å². The number of hydrogen-bond donors (Lipinski definition) is 1. The van der Waals surface area contributed by atoms with Crippen molar-refractivity contribution in [2.24, 2.45) is 11.3 Å². The van der Waals surface area contributed by atoms with Gasteiger partial charge >= 0.3 is 0 Å². The fraction of sp³-hybridized carbons (Fsp3) is 0.867. The normalized spacial score (nSPS) is 27.4. The molecule has 0 bridgehead atoms. The molecule has 4 heteroatoms. The van der Waals surface area contributed by atoms with Crippen LogP contribution >= 0.6 is 0 Å². The zero-order chi connectivity index (χ0) is 14.4. The topological polar surface area (TPSA) is 49.4 Å². The lowest BCUT2D eigenvalue weighted by Crippen LogP contribution is -2.70. The van der Waals surface area contributed by atoms with E-state index in [0.29, 0.717) is 6.54 Å². The molecule has 0 aromatic carbocycles. The lowest BCUT2D eigenvalue weighted by atomic mass is 9.81. The Kier molecular flexibility index (Phi) is 3.40. The van der Waals surface area contributed by atoms with E-state index in [2.05, 4.69) is 5.32 Å². The van der Waals surface area contributed by atoms with Gasteiger partial charge in [0.05, 0.1) is 0 Å². The largest absolute Gasteiger partial charge is 0.340 e. The molecule has 2 aliphatic rings. The molecule has 0 spiro atoms. The van der Waals surface area contributed by atoms with Gasteiger partial charge in [-0.1, -0.05) is 33.6 Å². The van der Waals surface area contributed by atoms with Gasteiger partial charge in [-0.15, -0.1) is 0 Å². The van der Waals surface area contributed by atoms with Gasteiger partial charge in [0.2, 0.25) is 11.8 Å². The molecule has 19 heavy (non-hydrogen) atoms. The van der Waals surface area contributed by atoms with E-state index in [1.165, 1.54) is 12.8 Å². The first-order valence-electron chi connectivity index (χ1n) is 7.26. The van der Waals surface area contributed by atoms with Crippen LogP contribution in [0.15, 0.2) is 0 Å². The van der Waals surface area contributed by atoms with E-state index in [0.717, 1.165) is 12.3 Å². The second-order valence-corrected chi connectivity index (χ2v) is 7.61. The Hall–Kier alpha value is -1.06. The van der Waals surface area contributed by atoms with Gasteiger partial charge in [-0.2, -0.15) is 0 Å². The van der Waals surface area contributed by atoms with Crippen LogP contribution in [0.3, 0.4) is 0 Å². The van der Waals surface area contributed by atoms with Crippen LogP contribution in [0.2, 0.25) is 0 Å². The van der Waals surface area contributed by atoms with Crippen molar-refractivity contribution < 1.29 is 9.59 Å². The lowest BCUT2D eigenvalue weighted by molar-refractivity contribution is -0.158. The Labute approximate surface area is 115 Å². The molecule has 1 unspecified atom stereocenters. The Bertz CT molecular complexity index is 391. The summed E-state index contributed by atoms with van der Waals surface area (Å²) in [6, 6.07) is -0.355. The third-order valence-corrected chi connectivity index (χ3v) is 4.09. The van der Waals surface area contributed by atoms with Crippen molar-refractivity contribution >= 4 is 11.8 Å². The standard InChI is InChI=1S/C15H26N2O2/c1-14(2,3)11-12(18)16-15(4,5)13(19)17(11)9-8-10-6-7-10/h10-11H,6-9H2,1-5H3,(H,16,18). The molecular formula is C15H26N2O2. The molecule has 1 heterocycles. The molecule has 2 amide bonds. The third kappa shape index (κ3) is 2.93. The number of nitrogens with one attached hydrogen (secondary N) is 1. The maximum atomic E-state index is 12.6. The van der Waals surface area contributed by atoms with E-state index in [-0.39, 0.29) is 23.3 Å². The fourth-order valence-corrected chi connectivity index (χ4v) is 2.87. The average molecular weight is 266 g/mol. The van der Waals surface area contributed by atoms with Gasteiger partial charge in [0.25, 0.3) is 0 Å². The number of carbonyl (C=O) groups is 2. The average Bonchev–Trinajstić information content (AvgIpc) is 3.02. The van der Waals surface area contributed by atoms with E-state index in [1.807, 2.05) is 25.7 Å². The predicted molar refractivity (Wildman–Crippen MR) is 74.5 cm³/mol. The summed E-state index contributed by atoms with van der Waals surface area (Å²) >= 11 is 0. The van der Waals surface area contributed by atoms with E-state index in [1.54, 1.807) is 13.8 Å². The van der Waals surface area contributed by atoms with Crippen molar-refractivity contribution in [2.45, 2.75) is 65.5 Å². The Morgan fingerprint density at radius 1 is 1.26 bits per heavy atom. The quantitative estimate of drug-likeness (QED) is 0.848. The summed E-state index contributed by atoms with van der Waals surface area (Å²) in [7, 11) is 0. The van der Waals surface area contributed by atoms with E-state index in [9.17, 15) is 9.59 Å². The van der Waals surface area contributed by atoms with Gasteiger partial charge in [0, 0.05) is 6.54 Å². The van der Waals surface area contributed by atoms with Crippen molar-refractivity contribution in [2.75, 3.05) is 6.54 Å². The maximum absolute atomic E-state index is 12.6. The van der Waals surface area contributed by atoms with E-state index in [4.69, 9.17) is 0 Å². The molecule has 108 valence electrons. The minimum absolute atomic E-state index is 0.0205. The minimum Gasteiger partial charge on any atom is -0.340 e. The highest BCUT2D eigenvalue weighted by molar-refractivity contribution is 5.99. The number of rotatable bonds is 3. The van der Waals surface area contributed by atoms with Crippen molar-refractivity contribution in [1.29, 1.82) is 0 Å². The molecule has 0 radical (unpaired) electrons. The molecule has 1 aliphatic carbocycles. The van der Waals surface area contributed by atoms with Crippen molar-refractivity contribution in [3.63, 3.8) is 0 Å². The highest BCUT2D eigenvalue weighted by Gasteiger charge is 2.49. The van der Waals surface area contributed by atoms with Crippen molar-refractivity contribution in [3.05, 3.63) is 0 Å². The Morgan fingerprint density at radius 2 is 1.84 bits per heavy atom. The van der Waals surface area contributed by atoms with Gasteiger partial charge in [-0.3, -0.25) is 9.59 Å². The summed E-state index contributed by atoms with van der Waals surface area (Å²) in [4.78, 5) is 26.8. The molecule has 2 fully saturated rings. The molecule has 1 atom stereocenters. The first-order chi connectivity index (χ1) is 8.63. The van der Waals surface area contributed by atoms with Gasteiger partial charge in [-0.05, 0) is 31.6 Å². The summed E-state index contributed by atoms with van der Waals surface area (Å²) in [6.07, 6.45) is 3.58. The SMILES string of the molecule is CC1(C)NC(=O)C(C(C)(C)C)N(CCC2CC2)C1=O. The van der Waals surface area contributed by atoms with E-state index < -0.39 is 5.54 Å². The van der Waals surface area contributed by atoms with Gasteiger partial charge in [0.15, 0.2) is 0 Å². The number of hydrogen-bond acceptors (Lipinski definition) is 2. The van der Waals surface area contributed by atoms with Crippen LogP contribution < -0.4 is 5.32 Å². The van der Waals surface area contributed by atoms with Crippen LogP contribution in [0.1, 0.15) is 53.9 Å². The number of carbonyl (C=O) groups excluding carboxylic acids is 2. The highest BCUT2D eigenvalue weighted by Crippen LogP contribution is 2.35. The number of amides is 2. The van der Waals surface area contributed by atoms with Crippen LogP contribution in [-0.2, 0) is 9.59 Å². The molecule has 0 aromatic rings. The monoisotopic (exact) mass is 266 g/mol. The van der Waals surface area contributed by atoms with Gasteiger partial charge < -0.3 is 10.2 Å². The van der Waals surface area contributed by atoms with Crippen LogP contribution in [0.25, 0.3) is 0 Å². The van der Waals surface area contributed by atoms with Crippen LogP contribution in [-0.4, -0.2) is 34.8 Å². The van der Waals surface area contributed by atoms with E-state index >= 15 is 0 Å². The second kappa shape index (κ2) is 4.50. The third-order valence-electron chi connectivity index (χ3n) is 4.09. The first kappa shape index (κ1) is 14.4. The van der Waals surface area contributed by atoms with Crippen LogP contribution in [0, 0.1) is 11.3 Å². The summed E-state index contributed by atoms with van der Waals surface area (Å²) in [5.41, 5.74) is -1.01. The highest BCUT2D eigenvalue weighted by atomic mass is 16.2. The molecule has 1 aliphatic heterocycles. The summed E-state index contributed by atoms with van der Waals surface area (Å²) in [5, 5.41) is 2.87. The first-order valence-corrected chi connectivity index (χ1v) is 7.26. The smallest absolute Gasteiger partial charge is 0.248 e. The second-order valence-electron chi connectivity index (χ2n) is 7.61. The number of piperazine rings is 1. The molecular weight excluding hydrogens is 240 g/mol. The minimum atomic E-state index is -0.775. The van der Waals surface area contributed by atoms with Crippen LogP contribution in [0.4, 0.5) is 0 Å². The summed E-state index contributed by atoms with van der Waals surface area (Å²) in [5.74, 6) is 0.794. The lowest BCUT2D eigenvalue weighted by Gasteiger charge is -2.47. The zero-order valence-electron chi connectivity index (χ0n) is 12.7. The predicted octanol–water partition coefficient (Wildman–Crippen LogP) is 1.94. The van der Waals surface area contributed by atoms with Crippen LogP contribution in [0.5, 0.6) is 0 Å². The van der Waals surface area contributed by atoms with Crippen molar-refractivity contribution in [3.8, 4) is 0 Å². The van der Waals surface area contributed by atoms with Gasteiger partial charge in [-0.25, -0.2) is 0 Å². The molecule has 0 aromatic heterocycles. The zero-order valence-corrected chi connectivity index (χ0v) is 12.7. The molecule has 4 nitrogen and oxygen atoms in total. The Balaban J connectivity index is 2.22. The molecule has 1 N–H and O–H groups in total. The summed E-state index contributed by atoms with van der Waals surface area (Å²) < 4.78 is 0. The molecule has 1 saturated carbocycles. The fourth-order valence-electron chi connectivity index (χ4n) is 2.87.